The van der Waals surface area contributed by atoms with Gasteiger partial charge in [0.15, 0.2) is 0 Å². The highest BCUT2D eigenvalue weighted by atomic mass is 15.4. The smallest absolute Gasteiger partial charge is 0.216 e. The van der Waals surface area contributed by atoms with Gasteiger partial charge in [0.05, 0.1) is 12.2 Å². The van der Waals surface area contributed by atoms with Crippen LogP contribution in [0.5, 0.6) is 0 Å². The molecule has 0 unspecified atom stereocenters. The van der Waals surface area contributed by atoms with Gasteiger partial charge in [-0.2, -0.15) is 0 Å². The Hall–Kier alpha value is -3.14. The molecule has 0 saturated carbocycles. The molecule has 2 rings (SSSR count). The normalized spacial score (nSPS) is 16.5. The maximum Gasteiger partial charge on any atom is 0.216 e. The van der Waals surface area contributed by atoms with E-state index in [4.69, 9.17) is 4.98 Å². The van der Waals surface area contributed by atoms with E-state index < -0.39 is 0 Å². The van der Waals surface area contributed by atoms with Crippen LogP contribution in [0.15, 0.2) is 84.9 Å². The summed E-state index contributed by atoms with van der Waals surface area (Å²) >= 11 is 0. The standard InChI is InChI=1S/C21H24N4/c1-6-10-11-14-18-16-24-17(5)19(12-7-2)23-21(24)25(18)20(13-8-3)22-15-9-4/h6-15H,1,3-4,16H2,2,5H3/b11-10-,12-7-,18-14+,20-13+,22-15-. The topological polar surface area (TPSA) is 33.4 Å². The Morgan fingerprint density at radius 1 is 1.16 bits per heavy atom. The van der Waals surface area contributed by atoms with Gasteiger partial charge in [0.25, 0.3) is 0 Å². The van der Waals surface area contributed by atoms with Gasteiger partial charge in [-0.3, -0.25) is 4.90 Å². The number of aromatic nitrogens is 2. The van der Waals surface area contributed by atoms with Crippen molar-refractivity contribution in [3.8, 4) is 0 Å². The van der Waals surface area contributed by atoms with E-state index in [-0.39, 0.29) is 0 Å². The summed E-state index contributed by atoms with van der Waals surface area (Å²) in [5, 5.41) is 0. The van der Waals surface area contributed by atoms with Gasteiger partial charge in [-0.05, 0) is 32.1 Å². The second kappa shape index (κ2) is 8.64. The van der Waals surface area contributed by atoms with Crippen LogP contribution in [0.1, 0.15) is 18.3 Å². The fourth-order valence-electron chi connectivity index (χ4n) is 2.61. The molecule has 128 valence electrons. The molecule has 0 radical (unpaired) electrons. The number of hydrogen-bond donors (Lipinski definition) is 0. The molecule has 1 aromatic heterocycles. The Balaban J connectivity index is 2.60. The van der Waals surface area contributed by atoms with Gasteiger partial charge in [0.1, 0.15) is 5.82 Å². The van der Waals surface area contributed by atoms with Crippen LogP contribution < -0.4 is 4.90 Å². The maximum atomic E-state index is 4.79. The summed E-state index contributed by atoms with van der Waals surface area (Å²) in [6, 6.07) is 0. The van der Waals surface area contributed by atoms with Crippen molar-refractivity contribution in [1.82, 2.24) is 9.55 Å². The summed E-state index contributed by atoms with van der Waals surface area (Å²) < 4.78 is 2.18. The SMILES string of the molecule is C=C/C=C\C=C1/Cn2c(nc(/C=C\C)c2C)N1C(=C/C=C)/N=C\C=C. The lowest BCUT2D eigenvalue weighted by Gasteiger charge is -2.18. The van der Waals surface area contributed by atoms with Gasteiger partial charge >= 0.3 is 0 Å². The lowest BCUT2D eigenvalue weighted by atomic mass is 10.3. The molecule has 1 aromatic rings. The average Bonchev–Trinajstić information content (AvgIpc) is 3.09. The van der Waals surface area contributed by atoms with Crippen molar-refractivity contribution in [2.75, 3.05) is 4.90 Å². The first kappa shape index (κ1) is 18.2. The number of fused-ring (bicyclic) bond motifs is 1. The summed E-state index contributed by atoms with van der Waals surface area (Å²) in [5.41, 5.74) is 3.17. The Bertz CT molecular complexity index is 813. The number of nitrogens with zero attached hydrogens (tertiary/aromatic N) is 4. The predicted molar refractivity (Wildman–Crippen MR) is 109 cm³/mol. The molecule has 0 aliphatic carbocycles. The monoisotopic (exact) mass is 332 g/mol. The Labute approximate surface area is 149 Å². The van der Waals surface area contributed by atoms with Crippen LogP contribution in [0.4, 0.5) is 5.95 Å². The van der Waals surface area contributed by atoms with Crippen LogP contribution in [0, 0.1) is 6.92 Å². The molecule has 4 heteroatoms. The summed E-state index contributed by atoms with van der Waals surface area (Å²) in [5.74, 6) is 1.59. The van der Waals surface area contributed by atoms with Gasteiger partial charge in [0.2, 0.25) is 5.95 Å². The maximum absolute atomic E-state index is 4.79. The Morgan fingerprint density at radius 2 is 1.96 bits per heavy atom. The zero-order chi connectivity index (χ0) is 18.2. The molecule has 1 aliphatic heterocycles. The van der Waals surface area contributed by atoms with Gasteiger partial charge in [0, 0.05) is 17.6 Å². The molecule has 0 spiro atoms. The van der Waals surface area contributed by atoms with Crippen LogP contribution >= 0.6 is 0 Å². The van der Waals surface area contributed by atoms with E-state index in [1.165, 1.54) is 0 Å². The van der Waals surface area contributed by atoms with E-state index in [2.05, 4.69) is 36.2 Å². The highest BCUT2D eigenvalue weighted by Crippen LogP contribution is 2.35. The molecular weight excluding hydrogens is 308 g/mol. The predicted octanol–water partition coefficient (Wildman–Crippen LogP) is 4.95. The van der Waals surface area contributed by atoms with Crippen molar-refractivity contribution in [3.05, 3.63) is 91.3 Å². The summed E-state index contributed by atoms with van der Waals surface area (Å²) in [4.78, 5) is 11.3. The number of hydrogen-bond acceptors (Lipinski definition) is 3. The first-order valence-corrected chi connectivity index (χ1v) is 8.13. The van der Waals surface area contributed by atoms with Crippen molar-refractivity contribution >= 4 is 18.2 Å². The lowest BCUT2D eigenvalue weighted by molar-refractivity contribution is 0.823. The fourth-order valence-corrected chi connectivity index (χ4v) is 2.61. The first-order chi connectivity index (χ1) is 12.2. The molecule has 1 aliphatic rings. The minimum Gasteiger partial charge on any atom is -0.308 e. The van der Waals surface area contributed by atoms with Crippen LogP contribution in [0.3, 0.4) is 0 Å². The second-order valence-electron chi connectivity index (χ2n) is 5.36. The minimum absolute atomic E-state index is 0.727. The van der Waals surface area contributed by atoms with Crippen molar-refractivity contribution in [3.63, 3.8) is 0 Å². The van der Waals surface area contributed by atoms with E-state index in [9.17, 15) is 0 Å². The largest absolute Gasteiger partial charge is 0.308 e. The van der Waals surface area contributed by atoms with Crippen molar-refractivity contribution < 1.29 is 0 Å². The van der Waals surface area contributed by atoms with E-state index in [1.807, 2.05) is 48.3 Å². The quantitative estimate of drug-likeness (QED) is 0.522. The van der Waals surface area contributed by atoms with Crippen molar-refractivity contribution in [2.45, 2.75) is 20.4 Å². The summed E-state index contributed by atoms with van der Waals surface area (Å²) in [6.07, 6.45) is 18.6. The number of rotatable bonds is 7. The lowest BCUT2D eigenvalue weighted by Crippen LogP contribution is -2.18. The van der Waals surface area contributed by atoms with Gasteiger partial charge in [-0.1, -0.05) is 56.2 Å². The average molecular weight is 332 g/mol. The fraction of sp³-hybridized carbons (Fsp3) is 0.143. The Morgan fingerprint density at radius 3 is 2.60 bits per heavy atom. The number of anilines is 1. The molecule has 0 fully saturated rings. The molecule has 0 amide bonds. The third-order valence-electron chi connectivity index (χ3n) is 3.71. The molecule has 0 aromatic carbocycles. The zero-order valence-corrected chi connectivity index (χ0v) is 14.9. The number of imidazole rings is 1. The zero-order valence-electron chi connectivity index (χ0n) is 14.9. The molecule has 0 atom stereocenters. The van der Waals surface area contributed by atoms with E-state index in [0.29, 0.717) is 0 Å². The van der Waals surface area contributed by atoms with Crippen LogP contribution in [0.25, 0.3) is 6.08 Å². The van der Waals surface area contributed by atoms with Crippen molar-refractivity contribution in [2.24, 2.45) is 4.99 Å². The third-order valence-corrected chi connectivity index (χ3v) is 3.71. The second-order valence-corrected chi connectivity index (χ2v) is 5.36. The molecule has 0 saturated heterocycles. The van der Waals surface area contributed by atoms with E-state index >= 15 is 0 Å². The van der Waals surface area contributed by atoms with Gasteiger partial charge in [-0.15, -0.1) is 0 Å². The molecule has 0 bridgehead atoms. The number of allylic oxidation sites excluding steroid dienone is 9. The summed E-state index contributed by atoms with van der Waals surface area (Å²) in [6.45, 7) is 16.0. The molecule has 4 nitrogen and oxygen atoms in total. The van der Waals surface area contributed by atoms with Crippen LogP contribution in [-0.2, 0) is 6.54 Å². The van der Waals surface area contributed by atoms with Gasteiger partial charge < -0.3 is 4.57 Å². The third kappa shape index (κ3) is 3.86. The highest BCUT2D eigenvalue weighted by molar-refractivity contribution is 5.73. The number of aliphatic imine (C=N–C) groups is 1. The molecule has 2 heterocycles. The summed E-state index contributed by atoms with van der Waals surface area (Å²) in [7, 11) is 0. The van der Waals surface area contributed by atoms with E-state index in [0.717, 1.165) is 35.4 Å². The highest BCUT2D eigenvalue weighted by Gasteiger charge is 2.30. The van der Waals surface area contributed by atoms with Crippen molar-refractivity contribution in [1.29, 1.82) is 0 Å². The Kier molecular flexibility index (Phi) is 6.29. The minimum atomic E-state index is 0.727. The van der Waals surface area contributed by atoms with E-state index in [1.54, 1.807) is 24.4 Å². The van der Waals surface area contributed by atoms with Crippen LogP contribution in [-0.4, -0.2) is 15.8 Å². The van der Waals surface area contributed by atoms with Crippen LogP contribution in [0.2, 0.25) is 0 Å². The first-order valence-electron chi connectivity index (χ1n) is 8.13. The molecular formula is C21H24N4. The molecule has 0 N–H and O–H groups in total. The molecule has 25 heavy (non-hydrogen) atoms. The van der Waals surface area contributed by atoms with Gasteiger partial charge in [-0.25, -0.2) is 9.98 Å².